The Labute approximate surface area is 191 Å². The van der Waals surface area contributed by atoms with Gasteiger partial charge in [0.25, 0.3) is 5.56 Å². The van der Waals surface area contributed by atoms with Crippen LogP contribution in [0.3, 0.4) is 0 Å². The van der Waals surface area contributed by atoms with Gasteiger partial charge in [0, 0.05) is 26.6 Å². The van der Waals surface area contributed by atoms with Gasteiger partial charge in [-0.3, -0.25) is 23.7 Å². The Bertz CT molecular complexity index is 1400. The number of H-pyrrole nitrogens is 1. The van der Waals surface area contributed by atoms with E-state index in [9.17, 15) is 14.4 Å². The number of thioether (sulfide) groups is 1. The summed E-state index contributed by atoms with van der Waals surface area (Å²) in [6.45, 7) is 2.79. The molecular formula is C20H24N8O4S. The van der Waals surface area contributed by atoms with Crippen LogP contribution in [0.1, 0.15) is 32.0 Å². The van der Waals surface area contributed by atoms with Crippen LogP contribution >= 0.6 is 11.8 Å². The van der Waals surface area contributed by atoms with Crippen LogP contribution in [0.4, 0.5) is 0 Å². The van der Waals surface area contributed by atoms with Crippen molar-refractivity contribution in [1.82, 2.24) is 33.9 Å². The molecule has 4 heterocycles. The van der Waals surface area contributed by atoms with Crippen molar-refractivity contribution in [2.24, 2.45) is 12.8 Å². The highest BCUT2D eigenvalue weighted by Gasteiger charge is 2.20. The number of hydrogen-bond acceptors (Lipinski definition) is 8. The average Bonchev–Trinajstić information content (AvgIpc) is 3.49. The van der Waals surface area contributed by atoms with Crippen molar-refractivity contribution < 1.29 is 9.21 Å². The number of aromatic amines is 1. The minimum absolute atomic E-state index is 0.116. The zero-order valence-corrected chi connectivity index (χ0v) is 19.1. The van der Waals surface area contributed by atoms with Crippen LogP contribution in [0.2, 0.25) is 0 Å². The number of nitrogens with zero attached hydrogens (tertiary/aromatic N) is 6. The molecule has 0 aliphatic heterocycles. The van der Waals surface area contributed by atoms with Gasteiger partial charge in [-0.1, -0.05) is 25.1 Å². The van der Waals surface area contributed by atoms with E-state index in [2.05, 4.69) is 20.2 Å². The van der Waals surface area contributed by atoms with Crippen molar-refractivity contribution in [2.45, 2.75) is 50.2 Å². The van der Waals surface area contributed by atoms with E-state index in [1.54, 1.807) is 28.3 Å². The van der Waals surface area contributed by atoms with Gasteiger partial charge in [-0.15, -0.1) is 10.2 Å². The van der Waals surface area contributed by atoms with Crippen LogP contribution in [-0.4, -0.2) is 39.8 Å². The summed E-state index contributed by atoms with van der Waals surface area (Å²) in [5.41, 5.74) is 5.10. The first kappa shape index (κ1) is 22.6. The van der Waals surface area contributed by atoms with Crippen LogP contribution in [0.5, 0.6) is 0 Å². The summed E-state index contributed by atoms with van der Waals surface area (Å²) in [5.74, 6) is 1.52. The fourth-order valence-electron chi connectivity index (χ4n) is 3.48. The highest BCUT2D eigenvalue weighted by atomic mass is 32.2. The number of imidazole rings is 1. The number of primary amides is 1. The second-order valence-corrected chi connectivity index (χ2v) is 8.41. The molecule has 174 valence electrons. The van der Waals surface area contributed by atoms with Crippen molar-refractivity contribution in [3.05, 3.63) is 45.1 Å². The van der Waals surface area contributed by atoms with Crippen molar-refractivity contribution in [1.29, 1.82) is 0 Å². The van der Waals surface area contributed by atoms with Gasteiger partial charge in [0.2, 0.25) is 5.91 Å². The lowest BCUT2D eigenvalue weighted by Gasteiger charge is -2.08. The number of unbranched alkanes of at least 4 members (excludes halogenated alkanes) is 1. The number of amides is 1. The summed E-state index contributed by atoms with van der Waals surface area (Å²) >= 11 is 1.35. The predicted molar refractivity (Wildman–Crippen MR) is 122 cm³/mol. The molecule has 0 radical (unpaired) electrons. The molecule has 4 rings (SSSR count). The van der Waals surface area contributed by atoms with Crippen LogP contribution in [0.25, 0.3) is 22.7 Å². The molecule has 0 unspecified atom stereocenters. The first-order valence-corrected chi connectivity index (χ1v) is 11.5. The molecule has 0 fully saturated rings. The van der Waals surface area contributed by atoms with E-state index < -0.39 is 17.2 Å². The van der Waals surface area contributed by atoms with Crippen LogP contribution < -0.4 is 17.0 Å². The van der Waals surface area contributed by atoms with Crippen LogP contribution in [-0.2, 0) is 30.7 Å². The smallest absolute Gasteiger partial charge is 0.330 e. The lowest BCUT2D eigenvalue weighted by Crippen LogP contribution is -2.31. The summed E-state index contributed by atoms with van der Waals surface area (Å²) in [5, 5.41) is 9.00. The number of aryl methyl sites for hydroxylation is 2. The quantitative estimate of drug-likeness (QED) is 0.326. The molecule has 0 saturated heterocycles. The monoisotopic (exact) mass is 472 g/mol. The van der Waals surface area contributed by atoms with Crippen LogP contribution in [0, 0.1) is 0 Å². The van der Waals surface area contributed by atoms with E-state index in [0.29, 0.717) is 52.6 Å². The number of carbonyl (C=O) groups excluding carboxylic acids is 1. The molecule has 12 nitrogen and oxygen atoms in total. The van der Waals surface area contributed by atoms with Crippen LogP contribution in [0.15, 0.2) is 37.6 Å². The summed E-state index contributed by atoms with van der Waals surface area (Å²) < 4.78 is 10.4. The molecule has 0 aromatic carbocycles. The minimum Gasteiger partial charge on any atom is -0.461 e. The van der Waals surface area contributed by atoms with E-state index in [1.165, 1.54) is 22.6 Å². The number of fused-ring (bicyclic) bond motifs is 1. The highest BCUT2D eigenvalue weighted by molar-refractivity contribution is 7.98. The maximum absolute atomic E-state index is 12.5. The van der Waals surface area contributed by atoms with Crippen molar-refractivity contribution in [3.63, 3.8) is 0 Å². The summed E-state index contributed by atoms with van der Waals surface area (Å²) in [7, 11) is 1.74. The maximum Gasteiger partial charge on any atom is 0.330 e. The third-order valence-electron chi connectivity index (χ3n) is 5.21. The Balaban J connectivity index is 1.67. The number of carbonyl (C=O) groups is 1. The van der Waals surface area contributed by atoms with E-state index >= 15 is 0 Å². The zero-order valence-electron chi connectivity index (χ0n) is 18.3. The largest absolute Gasteiger partial charge is 0.461 e. The highest BCUT2D eigenvalue weighted by Crippen LogP contribution is 2.27. The lowest BCUT2D eigenvalue weighted by molar-refractivity contribution is -0.118. The standard InChI is InChI=1S/C20H24N8O4S/c1-3-4-8-27-17-15(18(30)23-19(27)31)26(2)14(22-17)11-33-20-25-24-16(12-6-5-10-32-12)28(20)9-7-13(21)29/h5-6,10H,3-4,7-9,11H2,1-2H3,(H2,21,29)(H,23,30,31). The molecule has 3 N–H and O–H groups in total. The van der Waals surface area contributed by atoms with Gasteiger partial charge in [-0.25, -0.2) is 9.78 Å². The Kier molecular flexibility index (Phi) is 6.49. The number of hydrogen-bond donors (Lipinski definition) is 2. The number of furan rings is 1. The summed E-state index contributed by atoms with van der Waals surface area (Å²) in [6.07, 6.45) is 3.34. The molecule has 0 saturated carbocycles. The zero-order chi connectivity index (χ0) is 23.5. The molecule has 0 aliphatic rings. The molecule has 13 heteroatoms. The van der Waals surface area contributed by atoms with Crippen molar-refractivity contribution in [2.75, 3.05) is 0 Å². The first-order chi connectivity index (χ1) is 15.9. The maximum atomic E-state index is 12.5. The van der Waals surface area contributed by atoms with Gasteiger partial charge in [0.15, 0.2) is 27.9 Å². The molecule has 33 heavy (non-hydrogen) atoms. The topological polar surface area (TPSA) is 160 Å². The molecule has 0 spiro atoms. The molecule has 4 aromatic heterocycles. The Morgan fingerprint density at radius 3 is 2.76 bits per heavy atom. The number of nitrogens with one attached hydrogen (secondary N) is 1. The van der Waals surface area contributed by atoms with E-state index in [0.717, 1.165) is 12.8 Å². The third-order valence-corrected chi connectivity index (χ3v) is 6.17. The second-order valence-electron chi connectivity index (χ2n) is 7.46. The SMILES string of the molecule is CCCCn1c(=O)[nH]c(=O)c2c1nc(CSc1nnc(-c3ccco3)n1CCC(N)=O)n2C. The van der Waals surface area contributed by atoms with Gasteiger partial charge in [0.1, 0.15) is 5.82 Å². The fourth-order valence-corrected chi connectivity index (χ4v) is 4.43. The summed E-state index contributed by atoms with van der Waals surface area (Å²) in [4.78, 5) is 43.1. The Morgan fingerprint density at radius 2 is 2.06 bits per heavy atom. The molecule has 0 aliphatic carbocycles. The number of nitrogens with two attached hydrogens (primary N) is 1. The van der Waals surface area contributed by atoms with Gasteiger partial charge < -0.3 is 14.7 Å². The van der Waals surface area contributed by atoms with E-state index in [-0.39, 0.29) is 6.42 Å². The fraction of sp³-hybridized carbons (Fsp3) is 0.400. The number of aromatic nitrogens is 7. The van der Waals surface area contributed by atoms with Gasteiger partial charge >= 0.3 is 5.69 Å². The van der Waals surface area contributed by atoms with Gasteiger partial charge in [-0.05, 0) is 18.6 Å². The number of rotatable bonds is 10. The summed E-state index contributed by atoms with van der Waals surface area (Å²) in [6, 6.07) is 3.50. The predicted octanol–water partition coefficient (Wildman–Crippen LogP) is 1.24. The second kappa shape index (κ2) is 9.48. The van der Waals surface area contributed by atoms with Gasteiger partial charge in [-0.2, -0.15) is 0 Å². The molecule has 0 atom stereocenters. The van der Waals surface area contributed by atoms with Crippen molar-refractivity contribution >= 4 is 28.8 Å². The first-order valence-electron chi connectivity index (χ1n) is 10.5. The average molecular weight is 473 g/mol. The molecule has 1 amide bonds. The lowest BCUT2D eigenvalue weighted by atomic mass is 10.3. The van der Waals surface area contributed by atoms with E-state index in [4.69, 9.17) is 10.2 Å². The Morgan fingerprint density at radius 1 is 1.24 bits per heavy atom. The minimum atomic E-state index is -0.473. The van der Waals surface area contributed by atoms with Crippen molar-refractivity contribution in [3.8, 4) is 11.6 Å². The molecular weight excluding hydrogens is 448 g/mol. The van der Waals surface area contributed by atoms with E-state index in [1.807, 2.05) is 6.92 Å². The Hall–Kier alpha value is -3.61. The molecule has 4 aromatic rings. The van der Waals surface area contributed by atoms with Gasteiger partial charge in [0.05, 0.1) is 12.0 Å². The molecule has 0 bridgehead atoms. The normalized spacial score (nSPS) is 11.5. The third kappa shape index (κ3) is 4.49.